The molecule has 0 amide bonds. The number of anilines is 1. The van der Waals surface area contributed by atoms with Gasteiger partial charge in [-0.3, -0.25) is 0 Å². The molecule has 1 aromatic rings. The van der Waals surface area contributed by atoms with Crippen LogP contribution in [0.15, 0.2) is 17.0 Å². The van der Waals surface area contributed by atoms with Crippen LogP contribution in [0.1, 0.15) is 12.8 Å². The van der Waals surface area contributed by atoms with Crippen LogP contribution in [0.4, 0.5) is 14.5 Å². The highest BCUT2D eigenvalue weighted by Gasteiger charge is 2.20. The fraction of sp³-hybridized carbons (Fsp3) is 0.500. The molecule has 8 heteroatoms. The Morgan fingerprint density at radius 1 is 1.20 bits per heavy atom. The molecular formula is C12H19F2N3O2S. The first-order chi connectivity index (χ1) is 9.24. The number of benzene rings is 1. The van der Waals surface area contributed by atoms with Crippen molar-refractivity contribution in [3.63, 3.8) is 0 Å². The second kappa shape index (κ2) is 6.96. The molecule has 0 saturated heterocycles. The van der Waals surface area contributed by atoms with Gasteiger partial charge in [0, 0.05) is 12.6 Å². The summed E-state index contributed by atoms with van der Waals surface area (Å²) in [6.07, 6.45) is 1.43. The molecule has 20 heavy (non-hydrogen) atoms. The van der Waals surface area contributed by atoms with Gasteiger partial charge in [-0.2, -0.15) is 0 Å². The Hall–Kier alpha value is -1.25. The third-order valence-electron chi connectivity index (χ3n) is 2.66. The van der Waals surface area contributed by atoms with Gasteiger partial charge in [-0.1, -0.05) is 0 Å². The Morgan fingerprint density at radius 2 is 1.85 bits per heavy atom. The monoisotopic (exact) mass is 307 g/mol. The molecule has 114 valence electrons. The zero-order valence-electron chi connectivity index (χ0n) is 11.5. The van der Waals surface area contributed by atoms with Crippen LogP contribution in [0, 0.1) is 11.6 Å². The molecule has 0 bridgehead atoms. The molecule has 0 radical (unpaired) electrons. The van der Waals surface area contributed by atoms with Gasteiger partial charge in [0.05, 0.1) is 5.69 Å². The fourth-order valence-corrected chi connectivity index (χ4v) is 2.75. The van der Waals surface area contributed by atoms with Crippen molar-refractivity contribution in [1.82, 2.24) is 9.62 Å². The largest absolute Gasteiger partial charge is 0.396 e. The molecule has 5 nitrogen and oxygen atoms in total. The third kappa shape index (κ3) is 4.69. The number of hydrogen-bond acceptors (Lipinski definition) is 4. The van der Waals surface area contributed by atoms with Crippen molar-refractivity contribution in [3.05, 3.63) is 23.8 Å². The number of nitrogens with zero attached hydrogens (tertiary/aromatic N) is 1. The van der Waals surface area contributed by atoms with Crippen molar-refractivity contribution in [1.29, 1.82) is 0 Å². The Kier molecular flexibility index (Phi) is 5.85. The van der Waals surface area contributed by atoms with Crippen molar-refractivity contribution in [2.24, 2.45) is 0 Å². The summed E-state index contributed by atoms with van der Waals surface area (Å²) in [7, 11) is -0.181. The summed E-state index contributed by atoms with van der Waals surface area (Å²) in [5.74, 6) is -2.13. The van der Waals surface area contributed by atoms with E-state index in [1.165, 1.54) is 0 Å². The van der Waals surface area contributed by atoms with Gasteiger partial charge >= 0.3 is 0 Å². The maximum Gasteiger partial charge on any atom is 0.243 e. The average Bonchev–Trinajstić information content (AvgIpc) is 2.32. The smallest absolute Gasteiger partial charge is 0.243 e. The van der Waals surface area contributed by atoms with Crippen molar-refractivity contribution in [3.8, 4) is 0 Å². The number of rotatable bonds is 7. The molecule has 0 atom stereocenters. The highest BCUT2D eigenvalue weighted by Crippen LogP contribution is 2.20. The lowest BCUT2D eigenvalue weighted by atomic mass is 10.3. The molecule has 0 unspecified atom stereocenters. The number of nitrogens with two attached hydrogens (primary N) is 1. The number of sulfonamides is 1. The highest BCUT2D eigenvalue weighted by molar-refractivity contribution is 7.89. The van der Waals surface area contributed by atoms with Gasteiger partial charge in [-0.05, 0) is 39.5 Å². The van der Waals surface area contributed by atoms with Gasteiger partial charge in [-0.15, -0.1) is 0 Å². The van der Waals surface area contributed by atoms with E-state index in [4.69, 9.17) is 5.73 Å². The van der Waals surface area contributed by atoms with Crippen LogP contribution >= 0.6 is 0 Å². The van der Waals surface area contributed by atoms with Crippen molar-refractivity contribution >= 4 is 15.7 Å². The van der Waals surface area contributed by atoms with Crippen molar-refractivity contribution in [2.45, 2.75) is 17.7 Å². The van der Waals surface area contributed by atoms with Gasteiger partial charge in [0.25, 0.3) is 0 Å². The first-order valence-corrected chi connectivity index (χ1v) is 7.61. The maximum atomic E-state index is 13.5. The minimum Gasteiger partial charge on any atom is -0.396 e. The molecule has 0 aromatic heterocycles. The summed E-state index contributed by atoms with van der Waals surface area (Å²) < 4.78 is 52.5. The summed E-state index contributed by atoms with van der Waals surface area (Å²) in [6.45, 7) is 1.02. The maximum absolute atomic E-state index is 13.5. The number of nitrogen functional groups attached to an aromatic ring is 1. The predicted molar refractivity (Wildman–Crippen MR) is 73.7 cm³/mol. The van der Waals surface area contributed by atoms with Crippen molar-refractivity contribution in [2.75, 3.05) is 32.9 Å². The number of unbranched alkanes of at least 4 members (excludes halogenated alkanes) is 1. The fourth-order valence-electron chi connectivity index (χ4n) is 1.59. The lowest BCUT2D eigenvalue weighted by molar-refractivity contribution is 0.394. The van der Waals surface area contributed by atoms with E-state index in [2.05, 4.69) is 4.72 Å². The molecule has 3 N–H and O–H groups in total. The normalized spacial score (nSPS) is 12.1. The van der Waals surface area contributed by atoms with E-state index in [-0.39, 0.29) is 6.54 Å². The average molecular weight is 307 g/mol. The summed E-state index contributed by atoms with van der Waals surface area (Å²) >= 11 is 0. The first kappa shape index (κ1) is 16.8. The van der Waals surface area contributed by atoms with E-state index in [9.17, 15) is 17.2 Å². The molecule has 0 aliphatic rings. The van der Waals surface area contributed by atoms with Crippen LogP contribution in [0.2, 0.25) is 0 Å². The quantitative estimate of drug-likeness (QED) is 0.586. The van der Waals surface area contributed by atoms with Gasteiger partial charge < -0.3 is 10.6 Å². The topological polar surface area (TPSA) is 75.4 Å². The van der Waals surface area contributed by atoms with Crippen LogP contribution in [-0.2, 0) is 10.0 Å². The SMILES string of the molecule is CN(C)CCCCNS(=O)(=O)c1cc(N)c(F)cc1F. The molecule has 1 rings (SSSR count). The molecule has 0 heterocycles. The number of halogens is 2. The molecule has 1 aromatic carbocycles. The van der Waals surface area contributed by atoms with E-state index in [0.29, 0.717) is 12.5 Å². The van der Waals surface area contributed by atoms with E-state index in [1.807, 2.05) is 19.0 Å². The van der Waals surface area contributed by atoms with Gasteiger partial charge in [0.15, 0.2) is 0 Å². The Labute approximate surface area is 117 Å². The van der Waals surface area contributed by atoms with Gasteiger partial charge in [0.2, 0.25) is 10.0 Å². The van der Waals surface area contributed by atoms with Gasteiger partial charge in [-0.25, -0.2) is 21.9 Å². The van der Waals surface area contributed by atoms with Crippen LogP contribution in [0.3, 0.4) is 0 Å². The Bertz CT molecular complexity index is 562. The minimum absolute atomic E-state index is 0.187. The summed E-state index contributed by atoms with van der Waals surface area (Å²) in [4.78, 5) is 1.35. The predicted octanol–water partition coefficient (Wildman–Crippen LogP) is 1.17. The van der Waals surface area contributed by atoms with Crippen molar-refractivity contribution < 1.29 is 17.2 Å². The van der Waals surface area contributed by atoms with Crippen LogP contribution < -0.4 is 10.5 Å². The Morgan fingerprint density at radius 3 is 2.45 bits per heavy atom. The third-order valence-corrected chi connectivity index (χ3v) is 4.14. The van der Waals surface area contributed by atoms with Crippen LogP contribution in [0.25, 0.3) is 0 Å². The van der Waals surface area contributed by atoms with E-state index < -0.39 is 32.2 Å². The van der Waals surface area contributed by atoms with E-state index in [1.54, 1.807) is 0 Å². The number of nitrogens with one attached hydrogen (secondary N) is 1. The second-order valence-corrected chi connectivity index (χ2v) is 6.45. The van der Waals surface area contributed by atoms with Crippen LogP contribution in [0.5, 0.6) is 0 Å². The molecule has 0 spiro atoms. The standard InChI is InChI=1S/C12H19F2N3O2S/c1-17(2)6-4-3-5-16-20(18,19)12-8-11(15)9(13)7-10(12)14/h7-8,16H,3-6,15H2,1-2H3. The molecule has 0 fully saturated rings. The second-order valence-electron chi connectivity index (χ2n) is 4.71. The molecule has 0 aliphatic carbocycles. The summed E-state index contributed by atoms with van der Waals surface area (Å²) in [5, 5.41) is 0. The zero-order valence-corrected chi connectivity index (χ0v) is 12.3. The zero-order chi connectivity index (χ0) is 15.3. The van der Waals surface area contributed by atoms with E-state index >= 15 is 0 Å². The summed E-state index contributed by atoms with van der Waals surface area (Å²) in [6, 6.07) is 1.25. The van der Waals surface area contributed by atoms with E-state index in [0.717, 1.165) is 19.0 Å². The lowest BCUT2D eigenvalue weighted by Gasteiger charge is -2.10. The Balaban J connectivity index is 2.68. The number of hydrogen-bond donors (Lipinski definition) is 2. The molecule has 0 aliphatic heterocycles. The summed E-state index contributed by atoms with van der Waals surface area (Å²) in [5.41, 5.74) is 4.85. The molecule has 0 saturated carbocycles. The van der Waals surface area contributed by atoms with Gasteiger partial charge in [0.1, 0.15) is 16.5 Å². The highest BCUT2D eigenvalue weighted by atomic mass is 32.2. The lowest BCUT2D eigenvalue weighted by Crippen LogP contribution is -2.26. The van der Waals surface area contributed by atoms with Crippen LogP contribution in [-0.4, -0.2) is 40.5 Å². The minimum atomic E-state index is -4.02. The molecular weight excluding hydrogens is 288 g/mol. The first-order valence-electron chi connectivity index (χ1n) is 6.13.